The summed E-state index contributed by atoms with van der Waals surface area (Å²) < 4.78 is 3.06. The Kier molecular flexibility index (Phi) is 2.11. The van der Waals surface area contributed by atoms with E-state index in [1.54, 1.807) is 12.5 Å². The molecule has 0 atom stereocenters. The summed E-state index contributed by atoms with van der Waals surface area (Å²) in [7, 11) is 0. The van der Waals surface area contributed by atoms with Crippen molar-refractivity contribution in [2.75, 3.05) is 0 Å². The van der Waals surface area contributed by atoms with Crippen LogP contribution in [0.3, 0.4) is 0 Å². The van der Waals surface area contributed by atoms with E-state index in [2.05, 4.69) is 51.0 Å². The van der Waals surface area contributed by atoms with Gasteiger partial charge in [0.25, 0.3) is 0 Å². The van der Waals surface area contributed by atoms with Crippen molar-refractivity contribution in [3.63, 3.8) is 0 Å². The maximum atomic E-state index is 4.05. The predicted molar refractivity (Wildman–Crippen MR) is 67.9 cm³/mol. The third-order valence-electron chi connectivity index (χ3n) is 2.60. The molecule has 0 aliphatic heterocycles. The minimum Gasteiger partial charge on any atom is -0.358 e. The minimum absolute atomic E-state index is 1.07. The van der Waals surface area contributed by atoms with Crippen molar-refractivity contribution in [1.82, 2.24) is 14.5 Å². The molecule has 3 aromatic rings. The van der Waals surface area contributed by atoms with Crippen LogP contribution < -0.4 is 0 Å². The number of aromatic nitrogens is 3. The van der Waals surface area contributed by atoms with Gasteiger partial charge in [0, 0.05) is 33.6 Å². The molecule has 0 aliphatic carbocycles. The lowest BCUT2D eigenvalue weighted by molar-refractivity contribution is 1.06. The van der Waals surface area contributed by atoms with E-state index in [9.17, 15) is 0 Å². The summed E-state index contributed by atoms with van der Waals surface area (Å²) in [6, 6.07) is 6.37. The van der Waals surface area contributed by atoms with E-state index in [-0.39, 0.29) is 0 Å². The largest absolute Gasteiger partial charge is 0.358 e. The molecule has 0 unspecified atom stereocenters. The van der Waals surface area contributed by atoms with Gasteiger partial charge in [-0.2, -0.15) is 0 Å². The zero-order valence-electron chi connectivity index (χ0n) is 8.74. The second-order valence-corrected chi connectivity index (χ2v) is 4.67. The lowest BCUT2D eigenvalue weighted by Crippen LogP contribution is -1.89. The first-order valence-corrected chi connectivity index (χ1v) is 5.80. The summed E-state index contributed by atoms with van der Waals surface area (Å²) in [5, 5.41) is 1.20. The number of imidazole rings is 1. The number of halogens is 1. The monoisotopic (exact) mass is 275 g/mol. The van der Waals surface area contributed by atoms with Crippen molar-refractivity contribution in [1.29, 1.82) is 0 Å². The highest BCUT2D eigenvalue weighted by Gasteiger charge is 2.05. The smallest absolute Gasteiger partial charge is 0.0991 e. The van der Waals surface area contributed by atoms with Gasteiger partial charge in [0.05, 0.1) is 11.8 Å². The van der Waals surface area contributed by atoms with Gasteiger partial charge in [-0.05, 0) is 41.1 Å². The molecule has 1 aromatic carbocycles. The second-order valence-electron chi connectivity index (χ2n) is 3.81. The Morgan fingerprint density at radius 3 is 2.94 bits per heavy atom. The van der Waals surface area contributed by atoms with Crippen molar-refractivity contribution in [2.45, 2.75) is 6.92 Å². The van der Waals surface area contributed by atoms with Gasteiger partial charge in [-0.1, -0.05) is 0 Å². The van der Waals surface area contributed by atoms with E-state index in [1.807, 2.05) is 10.8 Å². The highest BCUT2D eigenvalue weighted by molar-refractivity contribution is 9.10. The van der Waals surface area contributed by atoms with Crippen LogP contribution in [0.15, 0.2) is 41.4 Å². The molecule has 2 heterocycles. The fraction of sp³-hybridized carbons (Fsp3) is 0.0833. The summed E-state index contributed by atoms with van der Waals surface area (Å²) in [4.78, 5) is 7.38. The first kappa shape index (κ1) is 9.66. The molecular formula is C12H10BrN3. The van der Waals surface area contributed by atoms with Crippen molar-refractivity contribution in [3.8, 4) is 5.69 Å². The van der Waals surface area contributed by atoms with Crippen molar-refractivity contribution < 1.29 is 0 Å². The second kappa shape index (κ2) is 3.49. The molecule has 0 saturated carbocycles. The van der Waals surface area contributed by atoms with Gasteiger partial charge in [0.1, 0.15) is 0 Å². The van der Waals surface area contributed by atoms with E-state index in [0.29, 0.717) is 0 Å². The van der Waals surface area contributed by atoms with E-state index < -0.39 is 0 Å². The van der Waals surface area contributed by atoms with Gasteiger partial charge >= 0.3 is 0 Å². The highest BCUT2D eigenvalue weighted by atomic mass is 79.9. The average molecular weight is 276 g/mol. The Morgan fingerprint density at radius 2 is 2.19 bits per heavy atom. The van der Waals surface area contributed by atoms with Crippen LogP contribution in [-0.4, -0.2) is 14.5 Å². The van der Waals surface area contributed by atoms with Crippen molar-refractivity contribution in [3.05, 3.63) is 47.1 Å². The number of nitrogens with zero attached hydrogens (tertiary/aromatic N) is 2. The number of aromatic amines is 1. The molecule has 3 nitrogen and oxygen atoms in total. The third kappa shape index (κ3) is 1.46. The van der Waals surface area contributed by atoms with Crippen LogP contribution in [0.4, 0.5) is 0 Å². The zero-order valence-corrected chi connectivity index (χ0v) is 10.3. The quantitative estimate of drug-likeness (QED) is 0.725. The first-order valence-electron chi connectivity index (χ1n) is 5.01. The standard InChI is InChI=1S/C12H10BrN3/c1-8-4-9-5-10(16-3-2-14-7-16)6-11(13)12(9)15-8/h2-7,15H,1H3. The van der Waals surface area contributed by atoms with Gasteiger partial charge in [0.2, 0.25) is 0 Å². The Balaban J connectivity index is 2.28. The third-order valence-corrected chi connectivity index (χ3v) is 3.23. The number of hydrogen-bond acceptors (Lipinski definition) is 1. The van der Waals surface area contributed by atoms with Gasteiger partial charge in [0.15, 0.2) is 0 Å². The van der Waals surface area contributed by atoms with Gasteiger partial charge in [-0.25, -0.2) is 4.98 Å². The Bertz CT molecular complexity index is 638. The van der Waals surface area contributed by atoms with Crippen LogP contribution in [0, 0.1) is 6.92 Å². The summed E-state index contributed by atoms with van der Waals surface area (Å²) in [5.74, 6) is 0. The van der Waals surface area contributed by atoms with Gasteiger partial charge in [-0.3, -0.25) is 0 Å². The normalized spacial score (nSPS) is 11.1. The molecule has 80 valence electrons. The van der Waals surface area contributed by atoms with E-state index in [4.69, 9.17) is 0 Å². The zero-order chi connectivity index (χ0) is 11.1. The number of rotatable bonds is 1. The Morgan fingerprint density at radius 1 is 1.31 bits per heavy atom. The lowest BCUT2D eigenvalue weighted by atomic mass is 10.2. The maximum Gasteiger partial charge on any atom is 0.0991 e. The van der Waals surface area contributed by atoms with E-state index >= 15 is 0 Å². The Hall–Kier alpha value is -1.55. The van der Waals surface area contributed by atoms with Gasteiger partial charge < -0.3 is 9.55 Å². The molecule has 3 rings (SSSR count). The molecule has 0 saturated heterocycles. The van der Waals surface area contributed by atoms with Crippen LogP contribution in [0.25, 0.3) is 16.6 Å². The molecule has 1 N–H and O–H groups in total. The first-order chi connectivity index (χ1) is 7.74. The molecule has 16 heavy (non-hydrogen) atoms. The molecule has 0 radical (unpaired) electrons. The minimum atomic E-state index is 1.07. The van der Waals surface area contributed by atoms with Crippen LogP contribution >= 0.6 is 15.9 Å². The molecule has 2 aromatic heterocycles. The molecular weight excluding hydrogens is 266 g/mol. The van der Waals surface area contributed by atoms with Gasteiger partial charge in [-0.15, -0.1) is 0 Å². The summed E-state index contributed by atoms with van der Waals surface area (Å²) >= 11 is 3.58. The predicted octanol–water partition coefficient (Wildman–Crippen LogP) is 3.42. The van der Waals surface area contributed by atoms with E-state index in [0.717, 1.165) is 15.7 Å². The number of H-pyrrole nitrogens is 1. The average Bonchev–Trinajstić information content (AvgIpc) is 2.84. The fourth-order valence-electron chi connectivity index (χ4n) is 1.89. The summed E-state index contributed by atoms with van der Waals surface area (Å²) in [6.07, 6.45) is 5.51. The SMILES string of the molecule is Cc1cc2cc(-n3ccnc3)cc(Br)c2[nH]1. The summed E-state index contributed by atoms with van der Waals surface area (Å²) in [5.41, 5.74) is 3.41. The molecule has 0 amide bonds. The Labute approximate surface area is 101 Å². The number of benzene rings is 1. The van der Waals surface area contributed by atoms with Crippen molar-refractivity contribution >= 4 is 26.8 Å². The van der Waals surface area contributed by atoms with Crippen LogP contribution in [0.2, 0.25) is 0 Å². The molecule has 0 spiro atoms. The summed E-state index contributed by atoms with van der Waals surface area (Å²) in [6.45, 7) is 2.06. The topological polar surface area (TPSA) is 33.6 Å². The molecule has 0 bridgehead atoms. The molecule has 0 aliphatic rings. The maximum absolute atomic E-state index is 4.05. The number of nitrogens with one attached hydrogen (secondary N) is 1. The fourth-order valence-corrected chi connectivity index (χ4v) is 2.45. The number of fused-ring (bicyclic) bond motifs is 1. The number of aryl methyl sites for hydroxylation is 1. The van der Waals surface area contributed by atoms with Crippen molar-refractivity contribution in [2.24, 2.45) is 0 Å². The van der Waals surface area contributed by atoms with E-state index in [1.165, 1.54) is 11.1 Å². The van der Waals surface area contributed by atoms with Crippen LogP contribution in [0.1, 0.15) is 5.69 Å². The molecule has 4 heteroatoms. The lowest BCUT2D eigenvalue weighted by Gasteiger charge is -2.03. The number of hydrogen-bond donors (Lipinski definition) is 1. The highest BCUT2D eigenvalue weighted by Crippen LogP contribution is 2.27. The van der Waals surface area contributed by atoms with Crippen LogP contribution in [0.5, 0.6) is 0 Å². The molecule has 0 fully saturated rings. The van der Waals surface area contributed by atoms with Crippen LogP contribution in [-0.2, 0) is 0 Å².